The second-order valence-corrected chi connectivity index (χ2v) is 5.73. The Bertz CT molecular complexity index is 744. The summed E-state index contributed by atoms with van der Waals surface area (Å²) in [7, 11) is 0. The summed E-state index contributed by atoms with van der Waals surface area (Å²) in [6.45, 7) is 4.01. The van der Waals surface area contributed by atoms with E-state index >= 15 is 0 Å². The third-order valence-electron chi connectivity index (χ3n) is 3.92. The molecule has 2 heterocycles. The van der Waals surface area contributed by atoms with E-state index in [4.69, 9.17) is 0 Å². The molecule has 0 amide bonds. The quantitative estimate of drug-likeness (QED) is 0.697. The lowest BCUT2D eigenvalue weighted by Gasteiger charge is -2.30. The van der Waals surface area contributed by atoms with Crippen LogP contribution < -0.4 is 9.80 Å². The molecule has 0 aliphatic carbocycles. The maximum absolute atomic E-state index is 11.7. The molecule has 1 aliphatic rings. The van der Waals surface area contributed by atoms with Crippen molar-refractivity contribution in [3.05, 3.63) is 60.2 Å². The fraction of sp³-hybridized carbons (Fsp3) is 0.176. The summed E-state index contributed by atoms with van der Waals surface area (Å²) in [6, 6.07) is 7.82. The molecule has 22 heavy (non-hydrogen) atoms. The molecule has 0 radical (unpaired) electrons. The molecule has 1 atom stereocenters. The van der Waals surface area contributed by atoms with Crippen LogP contribution in [-0.2, 0) is 4.79 Å². The topological polar surface area (TPSA) is 36.4 Å². The largest absolute Gasteiger partial charge is 0.319 e. The highest BCUT2D eigenvalue weighted by atomic mass is 32.1. The number of aromatic nitrogens is 1. The number of hydrogen-bond acceptors (Lipinski definition) is 5. The molecule has 0 saturated carbocycles. The van der Waals surface area contributed by atoms with Crippen LogP contribution in [0, 0.1) is 13.8 Å². The third-order valence-corrected chi connectivity index (χ3v) is 4.41. The average molecular weight is 311 g/mol. The van der Waals surface area contributed by atoms with Crippen molar-refractivity contribution in [3.63, 3.8) is 0 Å². The summed E-state index contributed by atoms with van der Waals surface area (Å²) < 4.78 is 0. The molecule has 0 saturated heterocycles. The lowest BCUT2D eigenvalue weighted by molar-refractivity contribution is -0.108. The van der Waals surface area contributed by atoms with Crippen LogP contribution in [0.15, 0.2) is 54.0 Å². The molecular formula is C17H17N3OS. The van der Waals surface area contributed by atoms with Gasteiger partial charge in [0.1, 0.15) is 0 Å². The fourth-order valence-corrected chi connectivity index (χ4v) is 2.85. The zero-order valence-corrected chi connectivity index (χ0v) is 13.4. The van der Waals surface area contributed by atoms with E-state index in [1.54, 1.807) is 12.4 Å². The highest BCUT2D eigenvalue weighted by Crippen LogP contribution is 2.33. The van der Waals surface area contributed by atoms with Crippen LogP contribution in [0.4, 0.5) is 11.4 Å². The maximum atomic E-state index is 11.7. The van der Waals surface area contributed by atoms with Gasteiger partial charge in [-0.05, 0) is 43.2 Å². The molecule has 2 aromatic rings. The predicted molar refractivity (Wildman–Crippen MR) is 91.4 cm³/mol. The number of carbonyl (C=O) groups excluding carboxylic acids is 1. The number of benzene rings is 1. The van der Waals surface area contributed by atoms with Crippen molar-refractivity contribution in [2.75, 3.05) is 9.80 Å². The number of anilines is 2. The molecule has 0 N–H and O–H groups in total. The van der Waals surface area contributed by atoms with Crippen molar-refractivity contribution in [3.8, 4) is 0 Å². The first-order chi connectivity index (χ1) is 10.6. The lowest BCUT2D eigenvalue weighted by Crippen LogP contribution is -2.40. The Kier molecular flexibility index (Phi) is 3.90. The molecule has 0 fully saturated rings. The second-order valence-electron chi connectivity index (χ2n) is 5.25. The molecule has 0 spiro atoms. The molecule has 0 bridgehead atoms. The van der Waals surface area contributed by atoms with Crippen LogP contribution in [0.25, 0.3) is 0 Å². The molecule has 4 nitrogen and oxygen atoms in total. The Hall–Kier alpha value is -2.27. The van der Waals surface area contributed by atoms with Crippen LogP contribution in [-0.4, -0.2) is 17.4 Å². The van der Waals surface area contributed by atoms with Gasteiger partial charge in [0, 0.05) is 29.2 Å². The number of carbonyl (C=O) groups is 1. The first kappa shape index (κ1) is 14.7. The van der Waals surface area contributed by atoms with Crippen molar-refractivity contribution in [1.29, 1.82) is 0 Å². The lowest BCUT2D eigenvalue weighted by atomic mass is 10.1. The van der Waals surface area contributed by atoms with E-state index in [1.165, 1.54) is 0 Å². The Morgan fingerprint density at radius 2 is 1.86 bits per heavy atom. The van der Waals surface area contributed by atoms with Gasteiger partial charge < -0.3 is 9.80 Å². The van der Waals surface area contributed by atoms with Crippen molar-refractivity contribution in [1.82, 2.24) is 4.98 Å². The van der Waals surface area contributed by atoms with E-state index in [-0.39, 0.29) is 0 Å². The second kappa shape index (κ2) is 5.85. The van der Waals surface area contributed by atoms with Crippen molar-refractivity contribution < 1.29 is 4.79 Å². The first-order valence-electron chi connectivity index (χ1n) is 7.03. The zero-order valence-electron chi connectivity index (χ0n) is 12.5. The minimum atomic E-state index is -0.420. The number of nitrogens with zero attached hydrogens (tertiary/aromatic N) is 3. The van der Waals surface area contributed by atoms with Gasteiger partial charge in [-0.3, -0.25) is 9.78 Å². The zero-order chi connectivity index (χ0) is 15.7. The maximum Gasteiger partial charge on any atom is 0.167 e. The highest BCUT2D eigenvalue weighted by molar-refractivity contribution is 7.80. The third kappa shape index (κ3) is 2.37. The summed E-state index contributed by atoms with van der Waals surface area (Å²) in [4.78, 5) is 20.7. The van der Waals surface area contributed by atoms with Gasteiger partial charge >= 0.3 is 0 Å². The van der Waals surface area contributed by atoms with Crippen molar-refractivity contribution in [2.24, 2.45) is 0 Å². The van der Waals surface area contributed by atoms with Crippen LogP contribution in [0.2, 0.25) is 0 Å². The smallest absolute Gasteiger partial charge is 0.167 e. The van der Waals surface area contributed by atoms with Gasteiger partial charge in [0.05, 0.1) is 11.9 Å². The molecule has 1 unspecified atom stereocenters. The summed E-state index contributed by atoms with van der Waals surface area (Å²) in [5.74, 6) is 0. The van der Waals surface area contributed by atoms with Gasteiger partial charge in [-0.25, -0.2) is 0 Å². The van der Waals surface area contributed by atoms with Gasteiger partial charge in [0.15, 0.2) is 12.5 Å². The first-order valence-corrected chi connectivity index (χ1v) is 7.47. The van der Waals surface area contributed by atoms with E-state index in [0.717, 1.165) is 33.7 Å². The Labute approximate surface area is 135 Å². The van der Waals surface area contributed by atoms with E-state index in [1.807, 2.05) is 60.3 Å². The molecule has 1 aliphatic heterocycles. The minimum absolute atomic E-state index is 0.420. The van der Waals surface area contributed by atoms with Crippen LogP contribution in [0.5, 0.6) is 0 Å². The summed E-state index contributed by atoms with van der Waals surface area (Å²) in [6.07, 6.45) is 7.88. The highest BCUT2D eigenvalue weighted by Gasteiger charge is 2.29. The number of hydrogen-bond donors (Lipinski definition) is 1. The van der Waals surface area contributed by atoms with E-state index in [2.05, 4.69) is 17.6 Å². The van der Waals surface area contributed by atoms with E-state index in [9.17, 15) is 4.79 Å². The predicted octanol–water partition coefficient (Wildman–Crippen LogP) is 3.31. The number of aryl methyl sites for hydroxylation is 1. The molecule has 1 aromatic heterocycles. The van der Waals surface area contributed by atoms with Crippen molar-refractivity contribution >= 4 is 30.3 Å². The van der Waals surface area contributed by atoms with Gasteiger partial charge in [-0.15, -0.1) is 12.6 Å². The normalized spacial score (nSPS) is 17.1. The Balaban J connectivity index is 2.00. The molecule has 1 aromatic carbocycles. The molecular weight excluding hydrogens is 294 g/mol. The van der Waals surface area contributed by atoms with Gasteiger partial charge in [0.25, 0.3) is 0 Å². The monoisotopic (exact) mass is 311 g/mol. The number of aldehydes is 1. The standard InChI is InChI=1S/C17H17N3OS/c1-12-6-7-18-10-15(12)20-9-8-19(17(20)11-21)14-4-3-5-16(22)13(14)2/h3-11,17,22H,1-2H3. The van der Waals surface area contributed by atoms with Crippen LogP contribution in [0.3, 0.4) is 0 Å². The molecule has 3 rings (SSSR count). The number of rotatable bonds is 3. The van der Waals surface area contributed by atoms with Crippen LogP contribution >= 0.6 is 12.6 Å². The van der Waals surface area contributed by atoms with E-state index in [0.29, 0.717) is 0 Å². The molecule has 112 valence electrons. The Morgan fingerprint density at radius 3 is 2.55 bits per heavy atom. The molecule has 5 heteroatoms. The van der Waals surface area contributed by atoms with Crippen LogP contribution in [0.1, 0.15) is 11.1 Å². The SMILES string of the molecule is Cc1ccncc1N1C=CN(c2cccc(S)c2C)C1C=O. The minimum Gasteiger partial charge on any atom is -0.319 e. The number of thiol groups is 1. The Morgan fingerprint density at radius 1 is 1.14 bits per heavy atom. The average Bonchev–Trinajstić information content (AvgIpc) is 2.94. The van der Waals surface area contributed by atoms with Crippen molar-refractivity contribution in [2.45, 2.75) is 24.9 Å². The van der Waals surface area contributed by atoms with Gasteiger partial charge in [0.2, 0.25) is 0 Å². The summed E-state index contributed by atoms with van der Waals surface area (Å²) in [5, 5.41) is 0. The van der Waals surface area contributed by atoms with Gasteiger partial charge in [-0.2, -0.15) is 0 Å². The summed E-state index contributed by atoms with van der Waals surface area (Å²) in [5.41, 5.74) is 4.03. The summed E-state index contributed by atoms with van der Waals surface area (Å²) >= 11 is 4.47. The van der Waals surface area contributed by atoms with E-state index < -0.39 is 6.17 Å². The van der Waals surface area contributed by atoms with Gasteiger partial charge in [-0.1, -0.05) is 6.07 Å². The number of pyridine rings is 1. The fourth-order valence-electron chi connectivity index (χ4n) is 2.65.